The van der Waals surface area contributed by atoms with Crippen LogP contribution in [0.15, 0.2) is 30.5 Å². The van der Waals surface area contributed by atoms with Crippen LogP contribution in [0.1, 0.15) is 25.3 Å². The van der Waals surface area contributed by atoms with Gasteiger partial charge in [0.25, 0.3) is 0 Å². The van der Waals surface area contributed by atoms with Crippen LogP contribution in [0.2, 0.25) is 0 Å². The van der Waals surface area contributed by atoms with E-state index in [1.165, 1.54) is 10.9 Å². The van der Waals surface area contributed by atoms with Gasteiger partial charge in [0.2, 0.25) is 0 Å². The highest BCUT2D eigenvalue weighted by Crippen LogP contribution is 2.27. The van der Waals surface area contributed by atoms with E-state index in [1.54, 1.807) is 0 Å². The molecule has 0 aliphatic carbocycles. The molecule has 0 bridgehead atoms. The van der Waals surface area contributed by atoms with Gasteiger partial charge >= 0.3 is 0 Å². The molecule has 1 aromatic carbocycles. The zero-order valence-corrected chi connectivity index (χ0v) is 14.1. The van der Waals surface area contributed by atoms with Gasteiger partial charge in [-0.05, 0) is 30.5 Å². The highest BCUT2D eigenvalue weighted by molar-refractivity contribution is 5.87. The van der Waals surface area contributed by atoms with Gasteiger partial charge in [0.15, 0.2) is 0 Å². The lowest BCUT2D eigenvalue weighted by molar-refractivity contribution is 0.244. The maximum absolute atomic E-state index is 5.93. The molecule has 1 saturated heterocycles. The minimum absolute atomic E-state index is 0.766. The van der Waals surface area contributed by atoms with Crippen LogP contribution in [0.4, 0.5) is 0 Å². The standard InChI is InChI=1S/C19H27N3O/c1-2-3-15-23-18-7-6-16(17-5-4-9-21-19(17)18)8-12-22-13-10-20-11-14-22/h4-7,9,20H,2-3,8,10-15H2,1H3. The molecule has 1 aromatic heterocycles. The number of nitrogens with zero attached hydrogens (tertiary/aromatic N) is 2. The summed E-state index contributed by atoms with van der Waals surface area (Å²) in [7, 11) is 0. The average Bonchev–Trinajstić information content (AvgIpc) is 2.62. The number of piperazine rings is 1. The third kappa shape index (κ3) is 4.21. The van der Waals surface area contributed by atoms with Gasteiger partial charge < -0.3 is 15.0 Å². The summed E-state index contributed by atoms with van der Waals surface area (Å²) in [6.07, 6.45) is 5.15. The highest BCUT2D eigenvalue weighted by Gasteiger charge is 2.12. The zero-order valence-electron chi connectivity index (χ0n) is 14.1. The molecule has 0 amide bonds. The van der Waals surface area contributed by atoms with Crippen LogP contribution in [0.3, 0.4) is 0 Å². The fourth-order valence-corrected chi connectivity index (χ4v) is 3.08. The molecular weight excluding hydrogens is 286 g/mol. The van der Waals surface area contributed by atoms with Gasteiger partial charge in [0.1, 0.15) is 11.3 Å². The number of aromatic nitrogens is 1. The molecule has 4 heteroatoms. The Hall–Kier alpha value is -1.65. The predicted octanol–water partition coefficient (Wildman–Crippen LogP) is 2.86. The summed E-state index contributed by atoms with van der Waals surface area (Å²) in [6.45, 7) is 8.56. The summed E-state index contributed by atoms with van der Waals surface area (Å²) < 4.78 is 5.93. The number of hydrogen-bond donors (Lipinski definition) is 1. The fourth-order valence-electron chi connectivity index (χ4n) is 3.08. The normalized spacial score (nSPS) is 15.9. The minimum Gasteiger partial charge on any atom is -0.491 e. The Morgan fingerprint density at radius 3 is 2.91 bits per heavy atom. The number of pyridine rings is 1. The molecule has 1 N–H and O–H groups in total. The summed E-state index contributed by atoms with van der Waals surface area (Å²) in [5.74, 6) is 0.917. The van der Waals surface area contributed by atoms with Crippen molar-refractivity contribution < 1.29 is 4.74 Å². The van der Waals surface area contributed by atoms with E-state index in [4.69, 9.17) is 4.74 Å². The molecule has 0 saturated carbocycles. The number of hydrogen-bond acceptors (Lipinski definition) is 4. The first kappa shape index (κ1) is 16.2. The van der Waals surface area contributed by atoms with Crippen molar-refractivity contribution in [3.63, 3.8) is 0 Å². The van der Waals surface area contributed by atoms with E-state index in [0.29, 0.717) is 0 Å². The van der Waals surface area contributed by atoms with Gasteiger partial charge in [-0.3, -0.25) is 4.98 Å². The Morgan fingerprint density at radius 2 is 2.09 bits per heavy atom. The molecule has 1 aliphatic heterocycles. The number of unbranched alkanes of at least 4 members (excludes halogenated alkanes) is 1. The molecule has 0 atom stereocenters. The molecule has 2 heterocycles. The summed E-state index contributed by atoms with van der Waals surface area (Å²) in [5.41, 5.74) is 2.37. The quantitative estimate of drug-likeness (QED) is 0.798. The zero-order chi connectivity index (χ0) is 15.9. The SMILES string of the molecule is CCCCOc1ccc(CCN2CCNCC2)c2cccnc12. The summed E-state index contributed by atoms with van der Waals surface area (Å²) in [6, 6.07) is 8.50. The Kier molecular flexibility index (Phi) is 5.83. The second-order valence-corrected chi connectivity index (χ2v) is 6.17. The van der Waals surface area contributed by atoms with Crippen LogP contribution in [0.25, 0.3) is 10.9 Å². The van der Waals surface area contributed by atoms with Crippen molar-refractivity contribution in [2.45, 2.75) is 26.2 Å². The number of fused-ring (bicyclic) bond motifs is 1. The molecule has 23 heavy (non-hydrogen) atoms. The number of ether oxygens (including phenoxy) is 1. The van der Waals surface area contributed by atoms with Crippen molar-refractivity contribution >= 4 is 10.9 Å². The third-order valence-electron chi connectivity index (χ3n) is 4.49. The van der Waals surface area contributed by atoms with Gasteiger partial charge in [-0.1, -0.05) is 25.5 Å². The van der Waals surface area contributed by atoms with Gasteiger partial charge in [0, 0.05) is 44.3 Å². The second-order valence-electron chi connectivity index (χ2n) is 6.17. The van der Waals surface area contributed by atoms with Crippen LogP contribution in [0, 0.1) is 0 Å². The van der Waals surface area contributed by atoms with Crippen LogP contribution in [-0.2, 0) is 6.42 Å². The number of rotatable bonds is 7. The van der Waals surface area contributed by atoms with Crippen molar-refractivity contribution in [1.29, 1.82) is 0 Å². The first-order chi connectivity index (χ1) is 11.4. The summed E-state index contributed by atoms with van der Waals surface area (Å²) in [5, 5.41) is 4.64. The van der Waals surface area contributed by atoms with E-state index in [1.807, 2.05) is 12.3 Å². The Balaban J connectivity index is 1.74. The van der Waals surface area contributed by atoms with Gasteiger partial charge in [-0.15, -0.1) is 0 Å². The van der Waals surface area contributed by atoms with E-state index < -0.39 is 0 Å². The van der Waals surface area contributed by atoms with Crippen molar-refractivity contribution in [3.8, 4) is 5.75 Å². The van der Waals surface area contributed by atoms with Crippen molar-refractivity contribution in [2.75, 3.05) is 39.3 Å². The van der Waals surface area contributed by atoms with E-state index in [9.17, 15) is 0 Å². The smallest absolute Gasteiger partial charge is 0.145 e. The Labute approximate surface area is 138 Å². The highest BCUT2D eigenvalue weighted by atomic mass is 16.5. The van der Waals surface area contributed by atoms with Crippen molar-refractivity contribution in [1.82, 2.24) is 15.2 Å². The molecule has 1 aliphatic rings. The Morgan fingerprint density at radius 1 is 1.22 bits per heavy atom. The largest absolute Gasteiger partial charge is 0.491 e. The molecule has 1 fully saturated rings. The summed E-state index contributed by atoms with van der Waals surface area (Å²) in [4.78, 5) is 7.10. The van der Waals surface area contributed by atoms with E-state index in [0.717, 1.165) is 69.9 Å². The molecule has 0 spiro atoms. The van der Waals surface area contributed by atoms with Crippen molar-refractivity contribution in [2.24, 2.45) is 0 Å². The topological polar surface area (TPSA) is 37.4 Å². The van der Waals surface area contributed by atoms with Gasteiger partial charge in [0.05, 0.1) is 6.61 Å². The fraction of sp³-hybridized carbons (Fsp3) is 0.526. The van der Waals surface area contributed by atoms with Crippen LogP contribution < -0.4 is 10.1 Å². The maximum atomic E-state index is 5.93. The van der Waals surface area contributed by atoms with Crippen LogP contribution in [-0.4, -0.2) is 49.2 Å². The monoisotopic (exact) mass is 313 g/mol. The lowest BCUT2D eigenvalue weighted by Gasteiger charge is -2.27. The minimum atomic E-state index is 0.766. The lowest BCUT2D eigenvalue weighted by Crippen LogP contribution is -2.44. The molecule has 0 radical (unpaired) electrons. The predicted molar refractivity (Wildman–Crippen MR) is 95.2 cm³/mol. The van der Waals surface area contributed by atoms with Gasteiger partial charge in [-0.2, -0.15) is 0 Å². The van der Waals surface area contributed by atoms with E-state index in [2.05, 4.69) is 40.3 Å². The van der Waals surface area contributed by atoms with E-state index in [-0.39, 0.29) is 0 Å². The molecule has 124 valence electrons. The van der Waals surface area contributed by atoms with Crippen LogP contribution >= 0.6 is 0 Å². The molecule has 4 nitrogen and oxygen atoms in total. The number of nitrogens with one attached hydrogen (secondary N) is 1. The molecular formula is C19H27N3O. The van der Waals surface area contributed by atoms with Crippen molar-refractivity contribution in [3.05, 3.63) is 36.0 Å². The second kappa shape index (κ2) is 8.27. The first-order valence-corrected chi connectivity index (χ1v) is 8.81. The molecule has 0 unspecified atom stereocenters. The summed E-state index contributed by atoms with van der Waals surface area (Å²) >= 11 is 0. The Bertz CT molecular complexity index is 623. The molecule has 3 rings (SSSR count). The van der Waals surface area contributed by atoms with E-state index >= 15 is 0 Å². The van der Waals surface area contributed by atoms with Gasteiger partial charge in [-0.25, -0.2) is 0 Å². The maximum Gasteiger partial charge on any atom is 0.145 e. The lowest BCUT2D eigenvalue weighted by atomic mass is 10.0. The van der Waals surface area contributed by atoms with Crippen LogP contribution in [0.5, 0.6) is 5.75 Å². The third-order valence-corrected chi connectivity index (χ3v) is 4.49. The first-order valence-electron chi connectivity index (χ1n) is 8.81. The molecule has 2 aromatic rings. The average molecular weight is 313 g/mol. The number of benzene rings is 1.